The van der Waals surface area contributed by atoms with Crippen molar-refractivity contribution in [1.82, 2.24) is 0 Å². The third-order valence-corrected chi connectivity index (χ3v) is 6.10. The van der Waals surface area contributed by atoms with E-state index in [0.717, 1.165) is 53.1 Å². The Balaban J connectivity index is 1.65. The molecule has 0 unspecified atom stereocenters. The van der Waals surface area contributed by atoms with Crippen LogP contribution in [0, 0.1) is 0 Å². The van der Waals surface area contributed by atoms with E-state index in [1.165, 1.54) is 12.1 Å². The van der Waals surface area contributed by atoms with E-state index in [-0.39, 0.29) is 10.0 Å². The number of ether oxygens (including phenoxy) is 1. The van der Waals surface area contributed by atoms with Crippen LogP contribution in [0.5, 0.6) is 0 Å². The van der Waals surface area contributed by atoms with Crippen LogP contribution in [-0.4, -0.2) is 36.5 Å². The molecule has 30 heavy (non-hydrogen) atoms. The molecule has 0 spiro atoms. The van der Waals surface area contributed by atoms with Crippen LogP contribution in [-0.2, 0) is 15.7 Å². The molecule has 2 aliphatic heterocycles. The number of carbonyl (C=O) groups is 1. The van der Waals surface area contributed by atoms with Crippen LogP contribution < -0.4 is 9.80 Å². The smallest absolute Gasteiger partial charge is 0.378 e. The van der Waals surface area contributed by atoms with Crippen LogP contribution in [0.4, 0.5) is 24.5 Å². The van der Waals surface area contributed by atoms with E-state index in [0.29, 0.717) is 18.1 Å². The molecule has 2 aromatic carbocycles. The minimum absolute atomic E-state index is 0.109. The summed E-state index contributed by atoms with van der Waals surface area (Å²) < 4.78 is 44.8. The van der Waals surface area contributed by atoms with Gasteiger partial charge in [-0.1, -0.05) is 48.2 Å². The SMILES string of the molecule is O=C1/C(=C\c2ccccc2N2CCOCC2)SC(=S)N1c1cccc(C(F)(F)F)c1. The van der Waals surface area contributed by atoms with Crippen molar-refractivity contribution in [2.75, 3.05) is 36.1 Å². The molecule has 4 rings (SSSR count). The van der Waals surface area contributed by atoms with Crippen molar-refractivity contribution in [2.45, 2.75) is 6.18 Å². The quantitative estimate of drug-likeness (QED) is 0.488. The Morgan fingerprint density at radius 2 is 1.80 bits per heavy atom. The van der Waals surface area contributed by atoms with E-state index < -0.39 is 17.6 Å². The number of hydrogen-bond donors (Lipinski definition) is 0. The van der Waals surface area contributed by atoms with Crippen molar-refractivity contribution in [3.63, 3.8) is 0 Å². The molecule has 2 aliphatic rings. The standard InChI is InChI=1S/C21H17F3N2O2S2/c22-21(23,24)15-5-3-6-16(13-15)26-19(27)18(30-20(26)29)12-14-4-1-2-7-17(14)25-8-10-28-11-9-25/h1-7,12-13H,8-11H2/b18-12+. The number of morpholine rings is 1. The molecule has 0 radical (unpaired) electrons. The van der Waals surface area contributed by atoms with Gasteiger partial charge in [0, 0.05) is 18.8 Å². The summed E-state index contributed by atoms with van der Waals surface area (Å²) in [4.78, 5) is 16.7. The van der Waals surface area contributed by atoms with Crippen molar-refractivity contribution in [1.29, 1.82) is 0 Å². The molecule has 4 nitrogen and oxygen atoms in total. The van der Waals surface area contributed by atoms with Crippen LogP contribution in [0.2, 0.25) is 0 Å². The number of benzene rings is 2. The summed E-state index contributed by atoms with van der Waals surface area (Å²) in [6.45, 7) is 2.75. The maximum absolute atomic E-state index is 13.1. The lowest BCUT2D eigenvalue weighted by molar-refractivity contribution is -0.137. The van der Waals surface area contributed by atoms with Crippen LogP contribution >= 0.6 is 24.0 Å². The maximum Gasteiger partial charge on any atom is 0.416 e. The van der Waals surface area contributed by atoms with Gasteiger partial charge in [0.1, 0.15) is 0 Å². The molecule has 0 atom stereocenters. The lowest BCUT2D eigenvalue weighted by atomic mass is 10.1. The molecule has 0 N–H and O–H groups in total. The molecule has 9 heteroatoms. The zero-order chi connectivity index (χ0) is 21.3. The summed E-state index contributed by atoms with van der Waals surface area (Å²) in [5.41, 5.74) is 1.11. The van der Waals surface area contributed by atoms with Gasteiger partial charge < -0.3 is 9.64 Å². The number of thiocarbonyl (C=S) groups is 1. The van der Waals surface area contributed by atoms with Crippen LogP contribution in [0.15, 0.2) is 53.4 Å². The summed E-state index contributed by atoms with van der Waals surface area (Å²) in [6.07, 6.45) is -2.75. The topological polar surface area (TPSA) is 32.8 Å². The Kier molecular flexibility index (Phi) is 5.86. The van der Waals surface area contributed by atoms with Gasteiger partial charge in [-0.05, 0) is 35.9 Å². The van der Waals surface area contributed by atoms with Gasteiger partial charge >= 0.3 is 6.18 Å². The van der Waals surface area contributed by atoms with Gasteiger partial charge in [-0.2, -0.15) is 13.2 Å². The first kappa shape index (κ1) is 20.9. The highest BCUT2D eigenvalue weighted by molar-refractivity contribution is 8.27. The summed E-state index contributed by atoms with van der Waals surface area (Å²) in [5, 5.41) is 0. The molecule has 156 valence electrons. The second kappa shape index (κ2) is 8.41. The van der Waals surface area contributed by atoms with E-state index in [1.807, 2.05) is 24.3 Å². The van der Waals surface area contributed by atoms with Gasteiger partial charge in [0.25, 0.3) is 5.91 Å². The number of rotatable bonds is 3. The van der Waals surface area contributed by atoms with E-state index in [2.05, 4.69) is 4.90 Å². The number of anilines is 2. The number of alkyl halides is 3. The third-order valence-electron chi connectivity index (χ3n) is 4.80. The van der Waals surface area contributed by atoms with E-state index >= 15 is 0 Å². The van der Waals surface area contributed by atoms with Crippen molar-refractivity contribution in [3.8, 4) is 0 Å². The van der Waals surface area contributed by atoms with Gasteiger partial charge in [-0.25, -0.2) is 0 Å². The van der Waals surface area contributed by atoms with Crippen molar-refractivity contribution in [3.05, 3.63) is 64.6 Å². The van der Waals surface area contributed by atoms with Crippen LogP contribution in [0.25, 0.3) is 6.08 Å². The molecule has 0 saturated carbocycles. The molecule has 2 aromatic rings. The second-order valence-electron chi connectivity index (χ2n) is 6.72. The third kappa shape index (κ3) is 4.23. The highest BCUT2D eigenvalue weighted by Gasteiger charge is 2.36. The van der Waals surface area contributed by atoms with Gasteiger partial charge in [-0.15, -0.1) is 0 Å². The first-order valence-corrected chi connectivity index (χ1v) is 10.4. The molecule has 0 aliphatic carbocycles. The van der Waals surface area contributed by atoms with Gasteiger partial charge in [0.15, 0.2) is 4.32 Å². The van der Waals surface area contributed by atoms with E-state index in [4.69, 9.17) is 17.0 Å². The van der Waals surface area contributed by atoms with Crippen molar-refractivity contribution < 1.29 is 22.7 Å². The largest absolute Gasteiger partial charge is 0.416 e. The lowest BCUT2D eigenvalue weighted by Crippen LogP contribution is -2.36. The Morgan fingerprint density at radius 3 is 2.53 bits per heavy atom. The number of carbonyl (C=O) groups excluding carboxylic acids is 1. The molecule has 2 saturated heterocycles. The van der Waals surface area contributed by atoms with Crippen LogP contribution in [0.3, 0.4) is 0 Å². The average Bonchev–Trinajstić information content (AvgIpc) is 3.01. The summed E-state index contributed by atoms with van der Waals surface area (Å²) in [6, 6.07) is 12.3. The minimum atomic E-state index is -4.50. The highest BCUT2D eigenvalue weighted by Crippen LogP contribution is 2.39. The number of thioether (sulfide) groups is 1. The molecular weight excluding hydrogens is 433 g/mol. The van der Waals surface area contributed by atoms with Crippen molar-refractivity contribution in [2.24, 2.45) is 0 Å². The van der Waals surface area contributed by atoms with Gasteiger partial charge in [0.05, 0.1) is 29.4 Å². The number of para-hydroxylation sites is 1. The van der Waals surface area contributed by atoms with Crippen LogP contribution in [0.1, 0.15) is 11.1 Å². The molecule has 2 fully saturated rings. The van der Waals surface area contributed by atoms with Gasteiger partial charge in [0.2, 0.25) is 0 Å². The maximum atomic E-state index is 13.1. The monoisotopic (exact) mass is 450 g/mol. The van der Waals surface area contributed by atoms with Crippen molar-refractivity contribution >= 4 is 51.7 Å². The van der Waals surface area contributed by atoms with E-state index in [1.54, 1.807) is 6.08 Å². The Morgan fingerprint density at radius 1 is 1.07 bits per heavy atom. The Bertz CT molecular complexity index is 1020. The normalized spacial score (nSPS) is 19.1. The number of amides is 1. The van der Waals surface area contributed by atoms with Gasteiger partial charge in [-0.3, -0.25) is 9.69 Å². The number of nitrogens with zero attached hydrogens (tertiary/aromatic N) is 2. The molecule has 2 heterocycles. The number of hydrogen-bond acceptors (Lipinski definition) is 5. The van der Waals surface area contributed by atoms with E-state index in [9.17, 15) is 18.0 Å². The molecule has 0 bridgehead atoms. The highest BCUT2D eigenvalue weighted by atomic mass is 32.2. The first-order valence-electron chi connectivity index (χ1n) is 9.21. The predicted octanol–water partition coefficient (Wildman–Crippen LogP) is 4.95. The fourth-order valence-electron chi connectivity index (χ4n) is 3.35. The zero-order valence-electron chi connectivity index (χ0n) is 15.7. The lowest BCUT2D eigenvalue weighted by Gasteiger charge is -2.30. The number of halogens is 3. The summed E-state index contributed by atoms with van der Waals surface area (Å²) in [7, 11) is 0. The summed E-state index contributed by atoms with van der Waals surface area (Å²) >= 11 is 6.39. The first-order chi connectivity index (χ1) is 14.3. The Labute approximate surface area is 181 Å². The molecule has 1 amide bonds. The summed E-state index contributed by atoms with van der Waals surface area (Å²) in [5.74, 6) is -0.430. The average molecular weight is 451 g/mol. The Hall–Kier alpha value is -2.36. The fourth-order valence-corrected chi connectivity index (χ4v) is 4.64. The molecular formula is C21H17F3N2O2S2. The predicted molar refractivity (Wildman–Crippen MR) is 117 cm³/mol. The fraction of sp³-hybridized carbons (Fsp3) is 0.238. The minimum Gasteiger partial charge on any atom is -0.378 e. The zero-order valence-corrected chi connectivity index (χ0v) is 17.3. The second-order valence-corrected chi connectivity index (χ2v) is 8.40. The molecule has 0 aromatic heterocycles.